The van der Waals surface area contributed by atoms with E-state index in [1.807, 2.05) is 44.2 Å². The molecule has 0 atom stereocenters. The van der Waals surface area contributed by atoms with Gasteiger partial charge in [0.2, 0.25) is 0 Å². The molecule has 0 heterocycles. The van der Waals surface area contributed by atoms with Gasteiger partial charge in [-0.05, 0) is 49.2 Å². The van der Waals surface area contributed by atoms with Crippen molar-refractivity contribution < 1.29 is 19.1 Å². The quantitative estimate of drug-likeness (QED) is 0.671. The van der Waals surface area contributed by atoms with E-state index in [-0.39, 0.29) is 19.6 Å². The zero-order valence-electron chi connectivity index (χ0n) is 15.5. The minimum atomic E-state index is -0.629. The molecule has 0 aliphatic heterocycles. The standard InChI is InChI=1S/C21H22N2O4/c1-16-11-17(2)13-19(12-16)26-15-21(25)27-14-20(24)23(10-6-9-22)18-7-4-3-5-8-18/h3-5,7-8,11-13H,6,10,14-15H2,1-2H3. The molecule has 0 aliphatic carbocycles. The van der Waals surface area contributed by atoms with E-state index in [0.717, 1.165) is 11.1 Å². The molecule has 6 heteroatoms. The van der Waals surface area contributed by atoms with Gasteiger partial charge in [0.05, 0.1) is 12.5 Å². The summed E-state index contributed by atoms with van der Waals surface area (Å²) in [7, 11) is 0. The van der Waals surface area contributed by atoms with E-state index < -0.39 is 18.5 Å². The van der Waals surface area contributed by atoms with Crippen molar-refractivity contribution in [3.8, 4) is 11.8 Å². The summed E-state index contributed by atoms with van der Waals surface area (Å²) in [6.45, 7) is 3.43. The van der Waals surface area contributed by atoms with Crippen molar-refractivity contribution >= 4 is 17.6 Å². The Morgan fingerprint density at radius 3 is 2.33 bits per heavy atom. The monoisotopic (exact) mass is 366 g/mol. The molecule has 0 bridgehead atoms. The van der Waals surface area contributed by atoms with Gasteiger partial charge < -0.3 is 14.4 Å². The van der Waals surface area contributed by atoms with Crippen LogP contribution in [0.25, 0.3) is 0 Å². The fourth-order valence-electron chi connectivity index (χ4n) is 2.59. The number of benzene rings is 2. The smallest absolute Gasteiger partial charge is 0.344 e. The van der Waals surface area contributed by atoms with Gasteiger partial charge in [0.1, 0.15) is 5.75 Å². The first-order valence-corrected chi connectivity index (χ1v) is 8.58. The van der Waals surface area contributed by atoms with Crippen molar-refractivity contribution in [3.05, 3.63) is 59.7 Å². The topological polar surface area (TPSA) is 79.6 Å². The zero-order chi connectivity index (χ0) is 19.6. The number of nitrogens with zero attached hydrogens (tertiary/aromatic N) is 2. The maximum atomic E-state index is 12.4. The second-order valence-corrected chi connectivity index (χ2v) is 6.06. The number of rotatable bonds is 8. The summed E-state index contributed by atoms with van der Waals surface area (Å²) < 4.78 is 10.5. The van der Waals surface area contributed by atoms with Gasteiger partial charge in [-0.25, -0.2) is 4.79 Å². The molecule has 0 aliphatic rings. The summed E-state index contributed by atoms with van der Waals surface area (Å²) in [5.41, 5.74) is 2.72. The summed E-state index contributed by atoms with van der Waals surface area (Å²) in [6, 6.07) is 16.6. The number of para-hydroxylation sites is 1. The highest BCUT2D eigenvalue weighted by Crippen LogP contribution is 2.16. The van der Waals surface area contributed by atoms with Crippen LogP contribution in [0.3, 0.4) is 0 Å². The summed E-state index contributed by atoms with van der Waals surface area (Å²) in [5, 5.41) is 8.79. The van der Waals surface area contributed by atoms with Gasteiger partial charge >= 0.3 is 5.97 Å². The first-order valence-electron chi connectivity index (χ1n) is 8.58. The molecule has 0 unspecified atom stereocenters. The maximum absolute atomic E-state index is 12.4. The van der Waals surface area contributed by atoms with Crippen LogP contribution in [0.15, 0.2) is 48.5 Å². The van der Waals surface area contributed by atoms with E-state index in [1.165, 1.54) is 4.90 Å². The Labute approximate surface area is 158 Å². The first kappa shape index (κ1) is 20.0. The number of nitriles is 1. The SMILES string of the molecule is Cc1cc(C)cc(OCC(=O)OCC(=O)N(CCC#N)c2ccccc2)c1. The Morgan fingerprint density at radius 1 is 1.04 bits per heavy atom. The van der Waals surface area contributed by atoms with Gasteiger partial charge in [-0.1, -0.05) is 24.3 Å². The second-order valence-electron chi connectivity index (χ2n) is 6.06. The number of esters is 1. The van der Waals surface area contributed by atoms with Crippen LogP contribution in [0.1, 0.15) is 17.5 Å². The first-order chi connectivity index (χ1) is 13.0. The highest BCUT2D eigenvalue weighted by molar-refractivity contribution is 5.95. The molecule has 0 N–H and O–H groups in total. The predicted molar refractivity (Wildman–Crippen MR) is 101 cm³/mol. The lowest BCUT2D eigenvalue weighted by molar-refractivity contribution is -0.149. The molecule has 2 aromatic carbocycles. The van der Waals surface area contributed by atoms with Crippen LogP contribution < -0.4 is 9.64 Å². The van der Waals surface area contributed by atoms with Gasteiger partial charge in [0, 0.05) is 12.2 Å². The minimum absolute atomic E-state index is 0.185. The van der Waals surface area contributed by atoms with Crippen LogP contribution in [0.5, 0.6) is 5.75 Å². The number of aryl methyl sites for hydroxylation is 2. The number of amides is 1. The molecular formula is C21H22N2O4. The van der Waals surface area contributed by atoms with Gasteiger partial charge in [-0.3, -0.25) is 4.79 Å². The van der Waals surface area contributed by atoms with Crippen molar-refractivity contribution in [2.24, 2.45) is 0 Å². The van der Waals surface area contributed by atoms with Crippen molar-refractivity contribution in [1.82, 2.24) is 0 Å². The number of carbonyl (C=O) groups excluding carboxylic acids is 2. The molecule has 0 saturated heterocycles. The zero-order valence-corrected chi connectivity index (χ0v) is 15.5. The molecule has 1 amide bonds. The summed E-state index contributed by atoms with van der Waals surface area (Å²) >= 11 is 0. The Balaban J connectivity index is 1.88. The predicted octanol–water partition coefficient (Wildman–Crippen LogP) is 3.17. The highest BCUT2D eigenvalue weighted by Gasteiger charge is 2.17. The van der Waals surface area contributed by atoms with Crippen LogP contribution in [-0.2, 0) is 14.3 Å². The average Bonchev–Trinajstić information content (AvgIpc) is 2.65. The molecule has 0 radical (unpaired) electrons. The number of carbonyl (C=O) groups is 2. The van der Waals surface area contributed by atoms with Crippen molar-refractivity contribution in [3.63, 3.8) is 0 Å². The molecule has 27 heavy (non-hydrogen) atoms. The van der Waals surface area contributed by atoms with Crippen LogP contribution >= 0.6 is 0 Å². The van der Waals surface area contributed by atoms with Crippen molar-refractivity contribution in [2.75, 3.05) is 24.7 Å². The lowest BCUT2D eigenvalue weighted by Crippen LogP contribution is -2.36. The average molecular weight is 366 g/mol. The fraction of sp³-hybridized carbons (Fsp3) is 0.286. The van der Waals surface area contributed by atoms with Crippen molar-refractivity contribution in [1.29, 1.82) is 5.26 Å². The molecule has 0 fully saturated rings. The molecule has 140 valence electrons. The minimum Gasteiger partial charge on any atom is -0.482 e. The number of anilines is 1. The number of ether oxygens (including phenoxy) is 2. The third-order valence-electron chi connectivity index (χ3n) is 3.72. The largest absolute Gasteiger partial charge is 0.482 e. The normalized spacial score (nSPS) is 9.96. The van der Waals surface area contributed by atoms with Crippen LogP contribution in [0.2, 0.25) is 0 Å². The number of hydrogen-bond acceptors (Lipinski definition) is 5. The third-order valence-corrected chi connectivity index (χ3v) is 3.72. The molecule has 2 aromatic rings. The summed E-state index contributed by atoms with van der Waals surface area (Å²) in [4.78, 5) is 25.7. The fourth-order valence-corrected chi connectivity index (χ4v) is 2.59. The van der Waals surface area contributed by atoms with Crippen LogP contribution in [0.4, 0.5) is 5.69 Å². The Kier molecular flexibility index (Phi) is 7.38. The molecule has 0 spiro atoms. The maximum Gasteiger partial charge on any atom is 0.344 e. The lowest BCUT2D eigenvalue weighted by Gasteiger charge is -2.21. The molecule has 2 rings (SSSR count). The molecule has 0 saturated carbocycles. The second kappa shape index (κ2) is 9.97. The molecule has 0 aromatic heterocycles. The van der Waals surface area contributed by atoms with Crippen molar-refractivity contribution in [2.45, 2.75) is 20.3 Å². The van der Waals surface area contributed by atoms with Gasteiger partial charge in [-0.15, -0.1) is 0 Å². The van der Waals surface area contributed by atoms with Gasteiger partial charge in [-0.2, -0.15) is 5.26 Å². The molecule has 6 nitrogen and oxygen atoms in total. The van der Waals surface area contributed by atoms with E-state index in [2.05, 4.69) is 0 Å². The number of hydrogen-bond donors (Lipinski definition) is 0. The van der Waals surface area contributed by atoms with E-state index in [0.29, 0.717) is 11.4 Å². The van der Waals surface area contributed by atoms with E-state index in [4.69, 9.17) is 14.7 Å². The van der Waals surface area contributed by atoms with E-state index >= 15 is 0 Å². The summed E-state index contributed by atoms with van der Waals surface area (Å²) in [5.74, 6) is -0.442. The summed E-state index contributed by atoms with van der Waals surface area (Å²) in [6.07, 6.45) is 0.185. The van der Waals surface area contributed by atoms with Crippen LogP contribution in [0, 0.1) is 25.2 Å². The van der Waals surface area contributed by atoms with Crippen LogP contribution in [-0.4, -0.2) is 31.6 Å². The Bertz CT molecular complexity index is 808. The van der Waals surface area contributed by atoms with E-state index in [9.17, 15) is 9.59 Å². The molecular weight excluding hydrogens is 344 g/mol. The Hall–Kier alpha value is -3.33. The van der Waals surface area contributed by atoms with Gasteiger partial charge in [0.15, 0.2) is 13.2 Å². The third kappa shape index (κ3) is 6.48. The lowest BCUT2D eigenvalue weighted by atomic mass is 10.1. The van der Waals surface area contributed by atoms with Gasteiger partial charge in [0.25, 0.3) is 5.91 Å². The highest BCUT2D eigenvalue weighted by atomic mass is 16.6. The van der Waals surface area contributed by atoms with E-state index in [1.54, 1.807) is 24.3 Å². The Morgan fingerprint density at radius 2 is 1.70 bits per heavy atom.